The Balaban J connectivity index is 1.57. The van der Waals surface area contributed by atoms with E-state index in [9.17, 15) is 4.79 Å². The van der Waals surface area contributed by atoms with E-state index < -0.39 is 0 Å². The Bertz CT molecular complexity index is 709. The molecule has 1 aromatic heterocycles. The monoisotopic (exact) mass is 359 g/mol. The van der Waals surface area contributed by atoms with Crippen molar-refractivity contribution in [2.75, 3.05) is 5.75 Å². The summed E-state index contributed by atoms with van der Waals surface area (Å²) in [4.78, 5) is 12.4. The van der Waals surface area contributed by atoms with Crippen molar-refractivity contribution in [1.82, 2.24) is 25.5 Å². The van der Waals surface area contributed by atoms with Gasteiger partial charge >= 0.3 is 0 Å². The lowest BCUT2D eigenvalue weighted by Gasteiger charge is -2.19. The SMILES string of the molecule is Cc1ccc(C(NC(=O)CSc2nnnn2CC(C)C)C2CC2)cc1. The first-order valence-electron chi connectivity index (χ1n) is 8.78. The number of tetrazole rings is 1. The van der Waals surface area contributed by atoms with Gasteiger partial charge in [-0.2, -0.15) is 0 Å². The molecule has 1 heterocycles. The molecule has 0 saturated heterocycles. The molecule has 6 nitrogen and oxygen atoms in total. The third-order valence-electron chi connectivity index (χ3n) is 4.22. The lowest BCUT2D eigenvalue weighted by Crippen LogP contribution is -2.31. The highest BCUT2D eigenvalue weighted by Gasteiger charge is 2.33. The van der Waals surface area contributed by atoms with Crippen LogP contribution in [0.3, 0.4) is 0 Å². The first-order chi connectivity index (χ1) is 12.0. The molecule has 1 aromatic carbocycles. The fourth-order valence-corrected chi connectivity index (χ4v) is 3.48. The molecule has 1 aliphatic rings. The van der Waals surface area contributed by atoms with E-state index in [0.717, 1.165) is 6.54 Å². The number of benzene rings is 1. The number of nitrogens with one attached hydrogen (secondary N) is 1. The van der Waals surface area contributed by atoms with E-state index >= 15 is 0 Å². The molecule has 25 heavy (non-hydrogen) atoms. The molecule has 1 unspecified atom stereocenters. The van der Waals surface area contributed by atoms with Crippen LogP contribution in [0.2, 0.25) is 0 Å². The predicted octanol–water partition coefficient (Wildman–Crippen LogP) is 3.00. The van der Waals surface area contributed by atoms with E-state index in [1.165, 1.54) is 35.7 Å². The average Bonchev–Trinajstić information content (AvgIpc) is 3.32. The second-order valence-electron chi connectivity index (χ2n) is 7.12. The second kappa shape index (κ2) is 7.99. The standard InChI is InChI=1S/C18H25N5OS/c1-12(2)10-23-18(20-21-22-23)25-11-16(24)19-17(15-8-9-15)14-6-4-13(3)5-7-14/h4-7,12,15,17H,8-11H2,1-3H3,(H,19,24). The lowest BCUT2D eigenvalue weighted by molar-refractivity contribution is -0.119. The molecule has 7 heteroatoms. The van der Waals surface area contributed by atoms with E-state index in [1.807, 2.05) is 0 Å². The maximum Gasteiger partial charge on any atom is 0.230 e. The van der Waals surface area contributed by atoms with Crippen LogP contribution in [0.25, 0.3) is 0 Å². The molecule has 0 spiro atoms. The lowest BCUT2D eigenvalue weighted by atomic mass is 10.0. The fourth-order valence-electron chi connectivity index (χ4n) is 2.78. The van der Waals surface area contributed by atoms with Crippen LogP contribution in [0.5, 0.6) is 0 Å². The number of aryl methyl sites for hydroxylation is 1. The average molecular weight is 359 g/mol. The van der Waals surface area contributed by atoms with Crippen LogP contribution >= 0.6 is 11.8 Å². The molecule has 1 atom stereocenters. The largest absolute Gasteiger partial charge is 0.348 e. The minimum absolute atomic E-state index is 0.0292. The van der Waals surface area contributed by atoms with Crippen molar-refractivity contribution in [2.24, 2.45) is 11.8 Å². The summed E-state index contributed by atoms with van der Waals surface area (Å²) in [5, 5.41) is 15.6. The Morgan fingerprint density at radius 2 is 2.04 bits per heavy atom. The zero-order valence-corrected chi connectivity index (χ0v) is 15.8. The van der Waals surface area contributed by atoms with Crippen molar-refractivity contribution in [3.8, 4) is 0 Å². The van der Waals surface area contributed by atoms with Gasteiger partial charge in [0, 0.05) is 6.54 Å². The molecule has 2 aromatic rings. The summed E-state index contributed by atoms with van der Waals surface area (Å²) in [6.45, 7) is 7.06. The quantitative estimate of drug-likeness (QED) is 0.734. The summed E-state index contributed by atoms with van der Waals surface area (Å²) in [6, 6.07) is 8.56. The zero-order valence-electron chi connectivity index (χ0n) is 15.0. The van der Waals surface area contributed by atoms with Gasteiger partial charge < -0.3 is 5.32 Å². The van der Waals surface area contributed by atoms with Crippen LogP contribution in [0.4, 0.5) is 0 Å². The van der Waals surface area contributed by atoms with Gasteiger partial charge in [0.05, 0.1) is 11.8 Å². The number of rotatable bonds is 8. The number of nitrogens with zero attached hydrogens (tertiary/aromatic N) is 4. The first-order valence-corrected chi connectivity index (χ1v) is 9.76. The van der Waals surface area contributed by atoms with Gasteiger partial charge in [0.15, 0.2) is 0 Å². The van der Waals surface area contributed by atoms with Crippen LogP contribution in [0.15, 0.2) is 29.4 Å². The highest BCUT2D eigenvalue weighted by Crippen LogP contribution is 2.41. The van der Waals surface area contributed by atoms with Crippen molar-refractivity contribution in [3.05, 3.63) is 35.4 Å². The third kappa shape index (κ3) is 5.04. The number of carbonyl (C=O) groups is 1. The highest BCUT2D eigenvalue weighted by molar-refractivity contribution is 7.99. The van der Waals surface area contributed by atoms with Gasteiger partial charge in [0.1, 0.15) is 0 Å². The predicted molar refractivity (Wildman–Crippen MR) is 98.2 cm³/mol. The van der Waals surface area contributed by atoms with Gasteiger partial charge in [-0.1, -0.05) is 55.4 Å². The molecule has 1 fully saturated rings. The van der Waals surface area contributed by atoms with E-state index in [1.54, 1.807) is 4.68 Å². The summed E-state index contributed by atoms with van der Waals surface area (Å²) in [6.07, 6.45) is 2.36. The van der Waals surface area contributed by atoms with Crippen LogP contribution in [0, 0.1) is 18.8 Å². The number of carbonyl (C=O) groups excluding carboxylic acids is 1. The van der Waals surface area contributed by atoms with Crippen molar-refractivity contribution in [3.63, 3.8) is 0 Å². The van der Waals surface area contributed by atoms with E-state index in [-0.39, 0.29) is 11.9 Å². The molecule has 1 saturated carbocycles. The van der Waals surface area contributed by atoms with Gasteiger partial charge in [-0.15, -0.1) is 5.10 Å². The highest BCUT2D eigenvalue weighted by atomic mass is 32.2. The molecule has 1 N–H and O–H groups in total. The Labute approximate surface area is 152 Å². The molecule has 0 aliphatic heterocycles. The van der Waals surface area contributed by atoms with Gasteiger partial charge in [0.25, 0.3) is 0 Å². The van der Waals surface area contributed by atoms with Crippen LogP contribution in [-0.4, -0.2) is 31.9 Å². The molecule has 134 valence electrons. The molecule has 0 bridgehead atoms. The molecular formula is C18H25N5OS. The second-order valence-corrected chi connectivity index (χ2v) is 8.06. The summed E-state index contributed by atoms with van der Waals surface area (Å²) < 4.78 is 1.76. The van der Waals surface area contributed by atoms with Gasteiger partial charge in [0.2, 0.25) is 11.1 Å². The van der Waals surface area contributed by atoms with Crippen molar-refractivity contribution >= 4 is 17.7 Å². The minimum Gasteiger partial charge on any atom is -0.348 e. The maximum absolute atomic E-state index is 12.4. The van der Waals surface area contributed by atoms with Crippen LogP contribution < -0.4 is 5.32 Å². The number of hydrogen-bond acceptors (Lipinski definition) is 5. The van der Waals surface area contributed by atoms with Crippen LogP contribution in [-0.2, 0) is 11.3 Å². The smallest absolute Gasteiger partial charge is 0.230 e. The zero-order chi connectivity index (χ0) is 17.8. The topological polar surface area (TPSA) is 72.7 Å². The van der Waals surface area contributed by atoms with Gasteiger partial charge in [-0.25, -0.2) is 4.68 Å². The Kier molecular flexibility index (Phi) is 5.73. The number of thioether (sulfide) groups is 1. The minimum atomic E-state index is 0.0292. The van der Waals surface area contributed by atoms with Crippen molar-refractivity contribution < 1.29 is 4.79 Å². The number of hydrogen-bond donors (Lipinski definition) is 1. The maximum atomic E-state index is 12.4. The summed E-state index contributed by atoms with van der Waals surface area (Å²) in [7, 11) is 0. The number of aromatic nitrogens is 4. The van der Waals surface area contributed by atoms with E-state index in [4.69, 9.17) is 0 Å². The number of amides is 1. The normalized spacial score (nSPS) is 15.4. The summed E-state index contributed by atoms with van der Waals surface area (Å²) >= 11 is 1.39. The molecule has 1 amide bonds. The Morgan fingerprint density at radius 3 is 2.68 bits per heavy atom. The van der Waals surface area contributed by atoms with Crippen molar-refractivity contribution in [2.45, 2.75) is 51.4 Å². The first kappa shape index (κ1) is 17.9. The van der Waals surface area contributed by atoms with Gasteiger partial charge in [-0.05, 0) is 47.6 Å². The molecule has 3 rings (SSSR count). The molecular weight excluding hydrogens is 334 g/mol. The summed E-state index contributed by atoms with van der Waals surface area (Å²) in [5.41, 5.74) is 2.42. The van der Waals surface area contributed by atoms with E-state index in [0.29, 0.717) is 22.7 Å². The third-order valence-corrected chi connectivity index (χ3v) is 5.17. The molecule has 0 radical (unpaired) electrons. The van der Waals surface area contributed by atoms with Gasteiger partial charge in [-0.3, -0.25) is 4.79 Å². The van der Waals surface area contributed by atoms with Crippen LogP contribution in [0.1, 0.15) is 43.9 Å². The molecule has 1 aliphatic carbocycles. The fraction of sp³-hybridized carbons (Fsp3) is 0.556. The van der Waals surface area contributed by atoms with Crippen molar-refractivity contribution in [1.29, 1.82) is 0 Å². The summed E-state index contributed by atoms with van der Waals surface area (Å²) in [5.74, 6) is 1.37. The Morgan fingerprint density at radius 1 is 1.32 bits per heavy atom. The Hall–Kier alpha value is -1.89. The van der Waals surface area contributed by atoms with E-state index in [2.05, 4.69) is 65.9 Å².